The molecular weight excluding hydrogens is 311 g/mol. The normalized spacial score (nSPS) is 11.3. The molecule has 0 fully saturated rings. The lowest BCUT2D eigenvalue weighted by Crippen LogP contribution is -2.26. The van der Waals surface area contributed by atoms with Crippen molar-refractivity contribution in [2.75, 3.05) is 6.54 Å². The second kappa shape index (κ2) is 6.64. The molecule has 1 aromatic carbocycles. The average Bonchev–Trinajstić information content (AvgIpc) is 2.96. The summed E-state index contributed by atoms with van der Waals surface area (Å²) in [6.07, 6.45) is -4.39. The lowest BCUT2D eigenvalue weighted by molar-refractivity contribution is -0.138. The summed E-state index contributed by atoms with van der Waals surface area (Å²) in [6, 6.07) is 6.50. The molecule has 1 heterocycles. The first kappa shape index (κ1) is 16.7. The maximum absolute atomic E-state index is 12.8. The molecule has 0 saturated carbocycles. The van der Waals surface area contributed by atoms with Gasteiger partial charge in [-0.3, -0.25) is 14.7 Å². The second-order valence-electron chi connectivity index (χ2n) is 4.88. The van der Waals surface area contributed by atoms with Gasteiger partial charge < -0.3 is 5.32 Å². The molecule has 1 aromatic heterocycles. The maximum Gasteiger partial charge on any atom is 0.416 e. The minimum Gasteiger partial charge on any atom is -0.350 e. The number of aromatic amines is 1. The Hall–Kier alpha value is -2.64. The first-order chi connectivity index (χ1) is 10.8. The number of nitrogens with one attached hydrogen (secondary N) is 2. The van der Waals surface area contributed by atoms with Gasteiger partial charge in [0.1, 0.15) is 11.4 Å². The van der Waals surface area contributed by atoms with Crippen LogP contribution in [0, 0.1) is 0 Å². The van der Waals surface area contributed by atoms with Gasteiger partial charge in [-0.25, -0.2) is 0 Å². The summed E-state index contributed by atoms with van der Waals surface area (Å²) in [7, 11) is 0. The number of alkyl halides is 3. The third-order valence-corrected chi connectivity index (χ3v) is 3.19. The van der Waals surface area contributed by atoms with Crippen LogP contribution < -0.4 is 5.32 Å². The number of Topliss-reactive ketones (excluding diaryl/α,β-unsaturated/α-hetero) is 1. The number of hydrogen-bond acceptors (Lipinski definition) is 3. The number of carbonyl (C=O) groups is 2. The number of rotatable bonds is 5. The number of aromatic nitrogens is 2. The van der Waals surface area contributed by atoms with E-state index in [1.165, 1.54) is 31.2 Å². The van der Waals surface area contributed by atoms with E-state index in [4.69, 9.17) is 0 Å². The molecule has 5 nitrogen and oxygen atoms in total. The zero-order valence-corrected chi connectivity index (χ0v) is 12.2. The van der Waals surface area contributed by atoms with Gasteiger partial charge in [0.25, 0.3) is 5.91 Å². The van der Waals surface area contributed by atoms with Crippen LogP contribution in [0.4, 0.5) is 13.2 Å². The molecule has 8 heteroatoms. The fourth-order valence-electron chi connectivity index (χ4n) is 2.04. The molecule has 2 aromatic rings. The highest BCUT2D eigenvalue weighted by molar-refractivity contribution is 5.97. The lowest BCUT2D eigenvalue weighted by Gasteiger charge is -2.12. The monoisotopic (exact) mass is 325 g/mol. The Morgan fingerprint density at radius 3 is 2.57 bits per heavy atom. The van der Waals surface area contributed by atoms with Gasteiger partial charge in [-0.05, 0) is 24.1 Å². The van der Waals surface area contributed by atoms with Crippen molar-refractivity contribution < 1.29 is 22.8 Å². The van der Waals surface area contributed by atoms with Crippen LogP contribution in [0.15, 0.2) is 30.3 Å². The molecule has 122 valence electrons. The number of carbonyl (C=O) groups excluding carboxylic acids is 2. The summed E-state index contributed by atoms with van der Waals surface area (Å²) < 4.78 is 38.5. The number of benzene rings is 1. The Balaban J connectivity index is 1.97. The molecule has 0 bridgehead atoms. The standard InChI is InChI=1S/C15H14F3N3O2/c1-9(22)12-8-13(21-20-12)14(23)19-7-6-10-4-2-3-5-11(10)15(16,17)18/h2-5,8H,6-7H2,1H3,(H,19,23)(H,20,21). The van der Waals surface area contributed by atoms with Gasteiger partial charge in [-0.15, -0.1) is 0 Å². The molecule has 0 aliphatic heterocycles. The number of amides is 1. The summed E-state index contributed by atoms with van der Waals surface area (Å²) in [6.45, 7) is 1.34. The van der Waals surface area contributed by atoms with E-state index in [1.54, 1.807) is 0 Å². The Morgan fingerprint density at radius 2 is 1.96 bits per heavy atom. The number of ketones is 1. The van der Waals surface area contributed by atoms with Crippen molar-refractivity contribution in [1.82, 2.24) is 15.5 Å². The van der Waals surface area contributed by atoms with E-state index in [9.17, 15) is 22.8 Å². The molecule has 2 N–H and O–H groups in total. The lowest BCUT2D eigenvalue weighted by atomic mass is 10.0. The van der Waals surface area contributed by atoms with Crippen LogP contribution in [0.5, 0.6) is 0 Å². The first-order valence-electron chi connectivity index (χ1n) is 6.78. The molecule has 0 spiro atoms. The maximum atomic E-state index is 12.8. The van der Waals surface area contributed by atoms with Gasteiger partial charge in [-0.1, -0.05) is 18.2 Å². The Kier molecular flexibility index (Phi) is 4.83. The van der Waals surface area contributed by atoms with Crippen LogP contribution in [0.25, 0.3) is 0 Å². The number of nitrogens with zero attached hydrogens (tertiary/aromatic N) is 1. The molecule has 23 heavy (non-hydrogen) atoms. The van der Waals surface area contributed by atoms with E-state index in [-0.39, 0.29) is 35.7 Å². The van der Waals surface area contributed by atoms with Crippen molar-refractivity contribution >= 4 is 11.7 Å². The summed E-state index contributed by atoms with van der Waals surface area (Å²) in [4.78, 5) is 22.9. The number of halogens is 3. The van der Waals surface area contributed by atoms with Crippen LogP contribution in [0.1, 0.15) is 39.0 Å². The topological polar surface area (TPSA) is 74.8 Å². The van der Waals surface area contributed by atoms with Crippen LogP contribution >= 0.6 is 0 Å². The predicted octanol–water partition coefficient (Wildman–Crippen LogP) is 2.60. The van der Waals surface area contributed by atoms with E-state index in [0.717, 1.165) is 6.07 Å². The Morgan fingerprint density at radius 1 is 1.26 bits per heavy atom. The fourth-order valence-corrected chi connectivity index (χ4v) is 2.04. The van der Waals surface area contributed by atoms with Crippen molar-refractivity contribution in [1.29, 1.82) is 0 Å². The third kappa shape index (κ3) is 4.18. The molecule has 0 aliphatic carbocycles. The molecule has 1 amide bonds. The van der Waals surface area contributed by atoms with Gasteiger partial charge in [0.15, 0.2) is 5.78 Å². The zero-order valence-electron chi connectivity index (χ0n) is 12.2. The van der Waals surface area contributed by atoms with Crippen LogP contribution in [0.3, 0.4) is 0 Å². The number of H-pyrrole nitrogens is 1. The van der Waals surface area contributed by atoms with E-state index < -0.39 is 17.6 Å². The zero-order chi connectivity index (χ0) is 17.0. The fraction of sp³-hybridized carbons (Fsp3) is 0.267. The quantitative estimate of drug-likeness (QED) is 0.830. The largest absolute Gasteiger partial charge is 0.416 e. The molecular formula is C15H14F3N3O2. The van der Waals surface area contributed by atoms with E-state index in [1.807, 2.05) is 0 Å². The summed E-state index contributed by atoms with van der Waals surface area (Å²) in [5, 5.41) is 8.56. The Bertz CT molecular complexity index is 723. The molecule has 0 saturated heterocycles. The van der Waals surface area contributed by atoms with Crippen molar-refractivity contribution in [3.8, 4) is 0 Å². The van der Waals surface area contributed by atoms with Gasteiger partial charge in [0, 0.05) is 13.5 Å². The molecule has 0 radical (unpaired) electrons. The van der Waals surface area contributed by atoms with Gasteiger partial charge in [0.2, 0.25) is 0 Å². The minimum atomic E-state index is -4.43. The van der Waals surface area contributed by atoms with Crippen LogP contribution in [-0.2, 0) is 12.6 Å². The second-order valence-corrected chi connectivity index (χ2v) is 4.88. The molecule has 0 atom stereocenters. The highest BCUT2D eigenvalue weighted by atomic mass is 19.4. The molecule has 0 aliphatic rings. The summed E-state index contributed by atoms with van der Waals surface area (Å²) >= 11 is 0. The molecule has 0 unspecified atom stereocenters. The first-order valence-corrected chi connectivity index (χ1v) is 6.78. The average molecular weight is 325 g/mol. The van der Waals surface area contributed by atoms with Gasteiger partial charge >= 0.3 is 6.18 Å². The third-order valence-electron chi connectivity index (χ3n) is 3.19. The highest BCUT2D eigenvalue weighted by Gasteiger charge is 2.32. The Labute approximate surface area is 129 Å². The van der Waals surface area contributed by atoms with E-state index in [0.29, 0.717) is 0 Å². The SMILES string of the molecule is CC(=O)c1cc(C(=O)NCCc2ccccc2C(F)(F)F)[nH]n1. The van der Waals surface area contributed by atoms with Gasteiger partial charge in [-0.2, -0.15) is 18.3 Å². The van der Waals surface area contributed by atoms with E-state index in [2.05, 4.69) is 15.5 Å². The van der Waals surface area contributed by atoms with Crippen molar-refractivity contribution in [2.24, 2.45) is 0 Å². The van der Waals surface area contributed by atoms with Crippen LogP contribution in [-0.4, -0.2) is 28.4 Å². The molecule has 2 rings (SSSR count). The minimum absolute atomic E-state index is 0.0281. The summed E-state index contributed by atoms with van der Waals surface area (Å²) in [5.74, 6) is -0.825. The predicted molar refractivity (Wildman–Crippen MR) is 76.1 cm³/mol. The number of hydrogen-bond donors (Lipinski definition) is 2. The van der Waals surface area contributed by atoms with Crippen molar-refractivity contribution in [3.63, 3.8) is 0 Å². The van der Waals surface area contributed by atoms with Crippen LogP contribution in [0.2, 0.25) is 0 Å². The summed E-state index contributed by atoms with van der Waals surface area (Å²) in [5.41, 5.74) is -0.402. The van der Waals surface area contributed by atoms with E-state index >= 15 is 0 Å². The van der Waals surface area contributed by atoms with Gasteiger partial charge in [0.05, 0.1) is 5.56 Å². The van der Waals surface area contributed by atoms with Crippen molar-refractivity contribution in [2.45, 2.75) is 19.5 Å². The van der Waals surface area contributed by atoms with Crippen molar-refractivity contribution in [3.05, 3.63) is 52.8 Å². The smallest absolute Gasteiger partial charge is 0.350 e. The highest BCUT2D eigenvalue weighted by Crippen LogP contribution is 2.31.